The molecule has 1 saturated heterocycles. The Morgan fingerprint density at radius 3 is 2.90 bits per heavy atom. The largest absolute Gasteiger partial charge is 0.481 e. The van der Waals surface area contributed by atoms with Gasteiger partial charge in [0.25, 0.3) is 0 Å². The van der Waals surface area contributed by atoms with E-state index in [-0.39, 0.29) is 0 Å². The zero-order chi connectivity index (χ0) is 14.0. The van der Waals surface area contributed by atoms with Gasteiger partial charge in [0.2, 0.25) is 0 Å². The van der Waals surface area contributed by atoms with Crippen molar-refractivity contribution in [1.82, 2.24) is 15.1 Å². The average Bonchev–Trinajstić information content (AvgIpc) is 3.10. The molecule has 110 valence electrons. The van der Waals surface area contributed by atoms with Crippen molar-refractivity contribution in [3.63, 3.8) is 0 Å². The number of aliphatic carboxylic acids is 1. The van der Waals surface area contributed by atoms with Crippen molar-refractivity contribution in [3.05, 3.63) is 18.0 Å². The Kier molecular flexibility index (Phi) is 3.78. The molecule has 1 unspecified atom stereocenters. The molecule has 1 saturated carbocycles. The third-order valence-corrected chi connectivity index (χ3v) is 4.81. The van der Waals surface area contributed by atoms with Gasteiger partial charge in [0.05, 0.1) is 17.2 Å². The van der Waals surface area contributed by atoms with Gasteiger partial charge in [-0.25, -0.2) is 0 Å². The van der Waals surface area contributed by atoms with Gasteiger partial charge in [-0.1, -0.05) is 12.8 Å². The monoisotopic (exact) mass is 277 g/mol. The van der Waals surface area contributed by atoms with Gasteiger partial charge < -0.3 is 10.4 Å². The summed E-state index contributed by atoms with van der Waals surface area (Å²) in [6, 6.07) is 2.52. The number of carbonyl (C=O) groups is 1. The van der Waals surface area contributed by atoms with Crippen LogP contribution in [0.15, 0.2) is 12.3 Å². The zero-order valence-electron chi connectivity index (χ0n) is 11.8. The molecule has 0 bridgehead atoms. The smallest absolute Gasteiger partial charge is 0.311 e. The standard InChI is InChI=1S/C15H23N3O2/c19-14(20)15(7-3-8-16-11-15)10-12-6-9-18(17-12)13-4-1-2-5-13/h6,9,13,16H,1-5,7-8,10-11H2,(H,19,20). The van der Waals surface area contributed by atoms with Crippen molar-refractivity contribution >= 4 is 5.97 Å². The summed E-state index contributed by atoms with van der Waals surface area (Å²) in [5.74, 6) is -0.694. The molecule has 1 atom stereocenters. The van der Waals surface area contributed by atoms with Crippen LogP contribution in [0.2, 0.25) is 0 Å². The number of piperidine rings is 1. The van der Waals surface area contributed by atoms with Gasteiger partial charge in [-0.15, -0.1) is 0 Å². The molecule has 1 aromatic rings. The normalized spacial score (nSPS) is 27.8. The summed E-state index contributed by atoms with van der Waals surface area (Å²) in [5, 5.41) is 17.5. The molecular weight excluding hydrogens is 254 g/mol. The van der Waals surface area contributed by atoms with Crippen LogP contribution in [0.4, 0.5) is 0 Å². The number of nitrogens with one attached hydrogen (secondary N) is 1. The predicted molar refractivity (Wildman–Crippen MR) is 75.6 cm³/mol. The fraction of sp³-hybridized carbons (Fsp3) is 0.733. The second-order valence-electron chi connectivity index (χ2n) is 6.27. The van der Waals surface area contributed by atoms with Crippen LogP contribution < -0.4 is 5.32 Å². The molecule has 0 aromatic carbocycles. The van der Waals surface area contributed by atoms with Gasteiger partial charge in [0.15, 0.2) is 0 Å². The number of nitrogens with zero attached hydrogens (tertiary/aromatic N) is 2. The molecule has 5 nitrogen and oxygen atoms in total. The minimum atomic E-state index is -0.694. The Morgan fingerprint density at radius 1 is 1.45 bits per heavy atom. The Hall–Kier alpha value is -1.36. The summed E-state index contributed by atoms with van der Waals surface area (Å²) in [5.41, 5.74) is 0.246. The van der Waals surface area contributed by atoms with Crippen LogP contribution in [0.5, 0.6) is 0 Å². The van der Waals surface area contributed by atoms with E-state index >= 15 is 0 Å². The average molecular weight is 277 g/mol. The predicted octanol–water partition coefficient (Wildman–Crippen LogP) is 2.00. The highest BCUT2D eigenvalue weighted by Gasteiger charge is 2.40. The number of aromatic nitrogens is 2. The van der Waals surface area contributed by atoms with Gasteiger partial charge in [-0.2, -0.15) is 5.10 Å². The summed E-state index contributed by atoms with van der Waals surface area (Å²) in [6.07, 6.45) is 9.19. The molecule has 2 N–H and O–H groups in total. The molecule has 0 amide bonds. The number of carboxylic acid groups (broad SMARTS) is 1. The van der Waals surface area contributed by atoms with E-state index in [0.29, 0.717) is 19.0 Å². The topological polar surface area (TPSA) is 67.1 Å². The highest BCUT2D eigenvalue weighted by molar-refractivity contribution is 5.75. The molecule has 0 spiro atoms. The quantitative estimate of drug-likeness (QED) is 0.883. The first-order chi connectivity index (χ1) is 9.70. The summed E-state index contributed by atoms with van der Waals surface area (Å²) < 4.78 is 2.05. The van der Waals surface area contributed by atoms with Gasteiger partial charge in [-0.05, 0) is 38.3 Å². The van der Waals surface area contributed by atoms with Crippen LogP contribution in [-0.2, 0) is 11.2 Å². The van der Waals surface area contributed by atoms with Crippen LogP contribution in [0, 0.1) is 5.41 Å². The number of rotatable bonds is 4. The summed E-state index contributed by atoms with van der Waals surface area (Å²) in [6.45, 7) is 1.48. The second-order valence-corrected chi connectivity index (χ2v) is 6.27. The molecule has 1 aromatic heterocycles. The fourth-order valence-corrected chi connectivity index (χ4v) is 3.57. The van der Waals surface area contributed by atoms with E-state index in [2.05, 4.69) is 10.4 Å². The maximum Gasteiger partial charge on any atom is 0.311 e. The fourth-order valence-electron chi connectivity index (χ4n) is 3.57. The first-order valence-electron chi connectivity index (χ1n) is 7.68. The van der Waals surface area contributed by atoms with Gasteiger partial charge in [0.1, 0.15) is 0 Å². The van der Waals surface area contributed by atoms with E-state index in [9.17, 15) is 9.90 Å². The maximum atomic E-state index is 11.7. The van der Waals surface area contributed by atoms with Crippen molar-refractivity contribution in [2.75, 3.05) is 13.1 Å². The van der Waals surface area contributed by atoms with Gasteiger partial charge in [-0.3, -0.25) is 9.48 Å². The van der Waals surface area contributed by atoms with E-state index in [1.807, 2.05) is 16.9 Å². The minimum Gasteiger partial charge on any atom is -0.481 e. The van der Waals surface area contributed by atoms with Crippen LogP contribution in [0.1, 0.15) is 50.3 Å². The van der Waals surface area contributed by atoms with Crippen molar-refractivity contribution in [1.29, 1.82) is 0 Å². The highest BCUT2D eigenvalue weighted by atomic mass is 16.4. The summed E-state index contributed by atoms with van der Waals surface area (Å²) in [7, 11) is 0. The summed E-state index contributed by atoms with van der Waals surface area (Å²) in [4.78, 5) is 11.7. The number of hydrogen-bond acceptors (Lipinski definition) is 3. The second kappa shape index (κ2) is 5.56. The number of carboxylic acids is 1. The minimum absolute atomic E-state index is 0.522. The van der Waals surface area contributed by atoms with Gasteiger partial charge >= 0.3 is 5.97 Å². The number of hydrogen-bond donors (Lipinski definition) is 2. The Morgan fingerprint density at radius 2 is 2.25 bits per heavy atom. The van der Waals surface area contributed by atoms with Crippen LogP contribution >= 0.6 is 0 Å². The molecule has 2 aliphatic rings. The third-order valence-electron chi connectivity index (χ3n) is 4.81. The van der Waals surface area contributed by atoms with Crippen molar-refractivity contribution in [2.45, 2.75) is 51.0 Å². The third kappa shape index (κ3) is 2.59. The lowest BCUT2D eigenvalue weighted by Crippen LogP contribution is -2.47. The van der Waals surface area contributed by atoms with Crippen molar-refractivity contribution in [2.24, 2.45) is 5.41 Å². The molecule has 20 heavy (non-hydrogen) atoms. The van der Waals surface area contributed by atoms with E-state index < -0.39 is 11.4 Å². The molecule has 3 rings (SSSR count). The molecule has 5 heteroatoms. The first kappa shape index (κ1) is 13.6. The van der Waals surface area contributed by atoms with Crippen LogP contribution in [0.25, 0.3) is 0 Å². The van der Waals surface area contributed by atoms with E-state index in [0.717, 1.165) is 25.1 Å². The SMILES string of the molecule is O=C(O)C1(Cc2ccn(C3CCCC3)n2)CCCNC1. The van der Waals surface area contributed by atoms with E-state index in [4.69, 9.17) is 0 Å². The van der Waals surface area contributed by atoms with Crippen LogP contribution in [0.3, 0.4) is 0 Å². The lowest BCUT2D eigenvalue weighted by atomic mass is 9.77. The Bertz CT molecular complexity index is 471. The highest BCUT2D eigenvalue weighted by Crippen LogP contribution is 2.32. The van der Waals surface area contributed by atoms with Gasteiger partial charge in [0, 0.05) is 19.2 Å². The van der Waals surface area contributed by atoms with E-state index in [1.54, 1.807) is 0 Å². The molecule has 1 aliphatic heterocycles. The van der Waals surface area contributed by atoms with Crippen molar-refractivity contribution in [3.8, 4) is 0 Å². The molecular formula is C15H23N3O2. The molecule has 2 heterocycles. The summed E-state index contributed by atoms with van der Waals surface area (Å²) >= 11 is 0. The lowest BCUT2D eigenvalue weighted by Gasteiger charge is -2.33. The van der Waals surface area contributed by atoms with Crippen LogP contribution in [-0.4, -0.2) is 33.9 Å². The lowest BCUT2D eigenvalue weighted by molar-refractivity contribution is -0.150. The maximum absolute atomic E-state index is 11.7. The Labute approximate surface area is 119 Å². The first-order valence-corrected chi connectivity index (χ1v) is 7.68. The zero-order valence-corrected chi connectivity index (χ0v) is 11.8. The molecule has 0 radical (unpaired) electrons. The molecule has 1 aliphatic carbocycles. The molecule has 2 fully saturated rings. The van der Waals surface area contributed by atoms with Crippen molar-refractivity contribution < 1.29 is 9.90 Å². The van der Waals surface area contributed by atoms with E-state index in [1.165, 1.54) is 25.7 Å². The Balaban J connectivity index is 1.73.